The number of rotatable bonds is 5. The van der Waals surface area contributed by atoms with Crippen LogP contribution in [0.2, 0.25) is 0 Å². The molecule has 3 rings (SSSR count). The first-order valence-electron chi connectivity index (χ1n) is 9.34. The molecular weight excluding hydrogens is 358 g/mol. The molecule has 2 saturated heterocycles. The second-order valence-corrected chi connectivity index (χ2v) is 7.27. The van der Waals surface area contributed by atoms with Crippen LogP contribution in [0.25, 0.3) is 0 Å². The standard InChI is InChI=1S/C17H29N5O3.ClH/c1-20-16(25)22(15(24)17(20)5-3-2-4-6-17)13-14(23)19-9-12-21-10-7-18-8-11-21;/h18H,2-13H2,1H3,(H,19,23);1H. The molecule has 26 heavy (non-hydrogen) atoms. The largest absolute Gasteiger partial charge is 0.353 e. The Kier molecular flexibility index (Phi) is 7.25. The van der Waals surface area contributed by atoms with Gasteiger partial charge in [0.15, 0.2) is 0 Å². The van der Waals surface area contributed by atoms with Gasteiger partial charge in [0.1, 0.15) is 12.1 Å². The van der Waals surface area contributed by atoms with Gasteiger partial charge in [-0.05, 0) is 12.8 Å². The molecular formula is C17H30ClN5O3. The van der Waals surface area contributed by atoms with Crippen LogP contribution < -0.4 is 10.6 Å². The number of piperazine rings is 1. The second kappa shape index (κ2) is 9.01. The van der Waals surface area contributed by atoms with Gasteiger partial charge < -0.3 is 15.5 Å². The number of likely N-dealkylation sites (N-methyl/N-ethyl adjacent to an activating group) is 1. The third-order valence-electron chi connectivity index (χ3n) is 5.75. The van der Waals surface area contributed by atoms with E-state index in [4.69, 9.17) is 0 Å². The Hall–Kier alpha value is -1.38. The number of halogens is 1. The van der Waals surface area contributed by atoms with E-state index in [0.29, 0.717) is 19.4 Å². The Bertz CT molecular complexity index is 532. The minimum absolute atomic E-state index is 0. The van der Waals surface area contributed by atoms with Gasteiger partial charge in [-0.3, -0.25) is 19.4 Å². The fourth-order valence-electron chi connectivity index (χ4n) is 4.16. The maximum atomic E-state index is 12.8. The van der Waals surface area contributed by atoms with E-state index >= 15 is 0 Å². The molecule has 3 aliphatic rings. The predicted octanol–water partition coefficient (Wildman–Crippen LogP) is 0.0265. The van der Waals surface area contributed by atoms with E-state index in [0.717, 1.165) is 56.9 Å². The van der Waals surface area contributed by atoms with Crippen LogP contribution in [-0.2, 0) is 9.59 Å². The van der Waals surface area contributed by atoms with Crippen LogP contribution in [0, 0.1) is 0 Å². The number of amides is 4. The highest BCUT2D eigenvalue weighted by Crippen LogP contribution is 2.39. The van der Waals surface area contributed by atoms with E-state index in [1.165, 1.54) is 0 Å². The van der Waals surface area contributed by atoms with Gasteiger partial charge in [0.05, 0.1) is 0 Å². The maximum absolute atomic E-state index is 12.8. The Balaban J connectivity index is 0.00000243. The van der Waals surface area contributed by atoms with E-state index < -0.39 is 5.54 Å². The molecule has 2 heterocycles. The number of carbonyl (C=O) groups is 3. The number of nitrogens with one attached hydrogen (secondary N) is 2. The van der Waals surface area contributed by atoms with Gasteiger partial charge >= 0.3 is 6.03 Å². The van der Waals surface area contributed by atoms with Crippen LogP contribution in [0.1, 0.15) is 32.1 Å². The molecule has 8 nitrogen and oxygen atoms in total. The van der Waals surface area contributed by atoms with Crippen molar-refractivity contribution < 1.29 is 14.4 Å². The molecule has 1 aliphatic carbocycles. The lowest BCUT2D eigenvalue weighted by atomic mass is 9.81. The average molecular weight is 388 g/mol. The van der Waals surface area contributed by atoms with Gasteiger partial charge in [-0.15, -0.1) is 12.4 Å². The van der Waals surface area contributed by atoms with Gasteiger partial charge in [0, 0.05) is 46.3 Å². The van der Waals surface area contributed by atoms with Crippen LogP contribution in [0.4, 0.5) is 4.79 Å². The molecule has 0 aromatic rings. The zero-order valence-corrected chi connectivity index (χ0v) is 16.3. The van der Waals surface area contributed by atoms with E-state index in [-0.39, 0.29) is 36.8 Å². The molecule has 148 valence electrons. The van der Waals surface area contributed by atoms with Crippen molar-refractivity contribution >= 4 is 30.3 Å². The van der Waals surface area contributed by atoms with Crippen LogP contribution in [0.15, 0.2) is 0 Å². The molecule has 4 amide bonds. The fraction of sp³-hybridized carbons (Fsp3) is 0.824. The van der Waals surface area contributed by atoms with Crippen molar-refractivity contribution in [3.8, 4) is 0 Å². The summed E-state index contributed by atoms with van der Waals surface area (Å²) in [6, 6.07) is -0.343. The fourth-order valence-corrected chi connectivity index (χ4v) is 4.16. The third-order valence-corrected chi connectivity index (χ3v) is 5.75. The monoisotopic (exact) mass is 387 g/mol. The molecule has 3 fully saturated rings. The second-order valence-electron chi connectivity index (χ2n) is 7.27. The first-order chi connectivity index (χ1) is 12.0. The Morgan fingerprint density at radius 1 is 1.15 bits per heavy atom. The minimum atomic E-state index is -0.712. The Morgan fingerprint density at radius 2 is 1.81 bits per heavy atom. The topological polar surface area (TPSA) is 85.0 Å². The van der Waals surface area contributed by atoms with Crippen LogP contribution in [-0.4, -0.2) is 90.9 Å². The van der Waals surface area contributed by atoms with Crippen LogP contribution in [0.5, 0.6) is 0 Å². The molecule has 1 spiro atoms. The lowest BCUT2D eigenvalue weighted by Crippen LogP contribution is -2.50. The van der Waals surface area contributed by atoms with Gasteiger partial charge in [0.25, 0.3) is 5.91 Å². The van der Waals surface area contributed by atoms with Crippen LogP contribution in [0.3, 0.4) is 0 Å². The van der Waals surface area contributed by atoms with Gasteiger partial charge in [-0.2, -0.15) is 0 Å². The summed E-state index contributed by atoms with van der Waals surface area (Å²) in [6.45, 7) is 5.05. The molecule has 2 aliphatic heterocycles. The summed E-state index contributed by atoms with van der Waals surface area (Å²) in [5.74, 6) is -0.463. The number of hydrogen-bond acceptors (Lipinski definition) is 5. The highest BCUT2D eigenvalue weighted by atomic mass is 35.5. The van der Waals surface area contributed by atoms with E-state index in [1.807, 2.05) is 0 Å². The summed E-state index contributed by atoms with van der Waals surface area (Å²) in [6.07, 6.45) is 4.41. The van der Waals surface area contributed by atoms with Gasteiger partial charge in [0.2, 0.25) is 5.91 Å². The molecule has 0 radical (unpaired) electrons. The van der Waals surface area contributed by atoms with Crippen molar-refractivity contribution in [3.05, 3.63) is 0 Å². The first-order valence-corrected chi connectivity index (χ1v) is 9.34. The molecule has 0 unspecified atom stereocenters. The van der Waals surface area contributed by atoms with E-state index in [9.17, 15) is 14.4 Å². The normalized spacial score (nSPS) is 23.3. The van der Waals surface area contributed by atoms with Crippen LogP contribution >= 0.6 is 12.4 Å². The highest BCUT2D eigenvalue weighted by molar-refractivity contribution is 6.08. The molecule has 1 saturated carbocycles. The molecule has 0 aromatic carbocycles. The smallest absolute Gasteiger partial charge is 0.327 e. The zero-order chi connectivity index (χ0) is 17.9. The summed E-state index contributed by atoms with van der Waals surface area (Å²) in [5, 5.41) is 6.13. The average Bonchev–Trinajstić information content (AvgIpc) is 2.80. The summed E-state index contributed by atoms with van der Waals surface area (Å²) < 4.78 is 0. The zero-order valence-electron chi connectivity index (χ0n) is 15.5. The van der Waals surface area contributed by atoms with Crippen molar-refractivity contribution in [2.24, 2.45) is 0 Å². The quantitative estimate of drug-likeness (QED) is 0.650. The molecule has 2 N–H and O–H groups in total. The third kappa shape index (κ3) is 4.13. The highest BCUT2D eigenvalue weighted by Gasteiger charge is 2.55. The summed E-state index contributed by atoms with van der Waals surface area (Å²) >= 11 is 0. The molecule has 0 bridgehead atoms. The van der Waals surface area contributed by atoms with Crippen molar-refractivity contribution in [2.45, 2.75) is 37.6 Å². The Morgan fingerprint density at radius 3 is 2.46 bits per heavy atom. The Labute approximate surface area is 161 Å². The number of imide groups is 1. The lowest BCUT2D eigenvalue weighted by molar-refractivity contribution is -0.137. The minimum Gasteiger partial charge on any atom is -0.353 e. The maximum Gasteiger partial charge on any atom is 0.327 e. The lowest BCUT2D eigenvalue weighted by Gasteiger charge is -2.35. The number of hydrogen-bond donors (Lipinski definition) is 2. The van der Waals surface area contributed by atoms with E-state index in [1.54, 1.807) is 11.9 Å². The number of urea groups is 1. The SMILES string of the molecule is CN1C(=O)N(CC(=O)NCCN2CCNCC2)C(=O)C12CCCCC2.Cl. The van der Waals surface area contributed by atoms with Crippen molar-refractivity contribution in [3.63, 3.8) is 0 Å². The molecule has 0 aromatic heterocycles. The van der Waals surface area contributed by atoms with Gasteiger partial charge in [-0.25, -0.2) is 4.79 Å². The van der Waals surface area contributed by atoms with Gasteiger partial charge in [-0.1, -0.05) is 19.3 Å². The molecule has 9 heteroatoms. The van der Waals surface area contributed by atoms with Crippen molar-refractivity contribution in [1.82, 2.24) is 25.3 Å². The number of carbonyl (C=O) groups excluding carboxylic acids is 3. The summed E-state index contributed by atoms with van der Waals surface area (Å²) in [7, 11) is 1.69. The van der Waals surface area contributed by atoms with E-state index in [2.05, 4.69) is 15.5 Å². The number of nitrogens with zero attached hydrogens (tertiary/aromatic N) is 3. The van der Waals surface area contributed by atoms with Crippen molar-refractivity contribution in [2.75, 3.05) is 52.9 Å². The molecule has 0 atom stereocenters. The first kappa shape index (κ1) is 20.9. The predicted molar refractivity (Wildman–Crippen MR) is 100 cm³/mol. The van der Waals surface area contributed by atoms with Crippen molar-refractivity contribution in [1.29, 1.82) is 0 Å². The summed E-state index contributed by atoms with van der Waals surface area (Å²) in [4.78, 5) is 42.5. The summed E-state index contributed by atoms with van der Waals surface area (Å²) in [5.41, 5.74) is -0.712.